The Morgan fingerprint density at radius 3 is 2.65 bits per heavy atom. The molecule has 1 aromatic carbocycles. The highest BCUT2D eigenvalue weighted by molar-refractivity contribution is 5.63. The lowest BCUT2D eigenvalue weighted by atomic mass is 10.2. The number of nitrogens with zero attached hydrogens (tertiary/aromatic N) is 1. The average Bonchev–Trinajstić information content (AvgIpc) is 2.35. The minimum atomic E-state index is -0.498. The van der Waals surface area contributed by atoms with Crippen molar-refractivity contribution >= 4 is 17.1 Å². The van der Waals surface area contributed by atoms with Crippen LogP contribution in [0.2, 0.25) is 0 Å². The van der Waals surface area contributed by atoms with Crippen LogP contribution in [0.1, 0.15) is 13.3 Å². The molecule has 0 saturated carbocycles. The molecule has 7 heteroatoms. The summed E-state index contributed by atoms with van der Waals surface area (Å²) in [6, 6.07) is 4.36. The van der Waals surface area contributed by atoms with Gasteiger partial charge in [-0.25, -0.2) is 0 Å². The van der Waals surface area contributed by atoms with Gasteiger partial charge in [0.05, 0.1) is 16.7 Å². The second-order valence-corrected chi connectivity index (χ2v) is 3.61. The van der Waals surface area contributed by atoms with Crippen LogP contribution in [0.25, 0.3) is 0 Å². The predicted octanol–water partition coefficient (Wildman–Crippen LogP) is 1.06. The molecule has 0 aliphatic carbocycles. The molecule has 0 fully saturated rings. The van der Waals surface area contributed by atoms with Crippen LogP contribution in [0.5, 0.6) is 0 Å². The van der Waals surface area contributed by atoms with Crippen LogP contribution in [-0.4, -0.2) is 22.7 Å². The number of nitrogen functional groups attached to an aromatic ring is 1. The molecular formula is C10H16N4O3. The Balaban J connectivity index is 2.83. The summed E-state index contributed by atoms with van der Waals surface area (Å²) in [4.78, 5) is 10.2. The van der Waals surface area contributed by atoms with Crippen molar-refractivity contribution in [3.8, 4) is 0 Å². The summed E-state index contributed by atoms with van der Waals surface area (Å²) >= 11 is 0. The van der Waals surface area contributed by atoms with Gasteiger partial charge in [0.25, 0.3) is 5.69 Å². The van der Waals surface area contributed by atoms with Gasteiger partial charge in [-0.05, 0) is 12.5 Å². The number of rotatable bonds is 6. The zero-order valence-corrected chi connectivity index (χ0v) is 9.51. The SMILES string of the molecule is CCC(O)CNc1cc(NN)cc([N+](=O)[O-])c1. The van der Waals surface area contributed by atoms with Crippen molar-refractivity contribution in [1.82, 2.24) is 0 Å². The molecular weight excluding hydrogens is 224 g/mol. The minimum Gasteiger partial charge on any atom is -0.391 e. The van der Waals surface area contributed by atoms with E-state index in [4.69, 9.17) is 5.84 Å². The molecule has 0 saturated heterocycles. The van der Waals surface area contributed by atoms with E-state index >= 15 is 0 Å². The van der Waals surface area contributed by atoms with E-state index < -0.39 is 11.0 Å². The van der Waals surface area contributed by atoms with Crippen LogP contribution in [0.15, 0.2) is 18.2 Å². The Kier molecular flexibility index (Phi) is 4.68. The third-order valence-corrected chi connectivity index (χ3v) is 2.31. The highest BCUT2D eigenvalue weighted by Crippen LogP contribution is 2.23. The maximum Gasteiger partial charge on any atom is 0.273 e. The molecule has 17 heavy (non-hydrogen) atoms. The topological polar surface area (TPSA) is 113 Å². The maximum atomic E-state index is 10.7. The minimum absolute atomic E-state index is 0.0612. The van der Waals surface area contributed by atoms with E-state index in [1.807, 2.05) is 6.92 Å². The molecule has 0 aliphatic rings. The van der Waals surface area contributed by atoms with Crippen molar-refractivity contribution in [3.63, 3.8) is 0 Å². The summed E-state index contributed by atoms with van der Waals surface area (Å²) in [6.45, 7) is 2.19. The monoisotopic (exact) mass is 240 g/mol. The third kappa shape index (κ3) is 3.89. The van der Waals surface area contributed by atoms with Crippen LogP contribution in [-0.2, 0) is 0 Å². The molecule has 0 heterocycles. The average molecular weight is 240 g/mol. The van der Waals surface area contributed by atoms with Crippen LogP contribution in [0.4, 0.5) is 17.1 Å². The molecule has 5 N–H and O–H groups in total. The predicted molar refractivity (Wildman–Crippen MR) is 65.7 cm³/mol. The number of anilines is 2. The fraction of sp³-hybridized carbons (Fsp3) is 0.400. The normalized spacial score (nSPS) is 11.9. The number of aliphatic hydroxyl groups is 1. The van der Waals surface area contributed by atoms with Crippen LogP contribution < -0.4 is 16.6 Å². The molecule has 0 aromatic heterocycles. The number of nitro benzene ring substituents is 1. The first-order chi connectivity index (χ1) is 8.06. The van der Waals surface area contributed by atoms with Gasteiger partial charge in [-0.3, -0.25) is 16.0 Å². The highest BCUT2D eigenvalue weighted by Gasteiger charge is 2.10. The van der Waals surface area contributed by atoms with Gasteiger partial charge in [-0.1, -0.05) is 6.92 Å². The second kappa shape index (κ2) is 6.02. The van der Waals surface area contributed by atoms with E-state index in [1.165, 1.54) is 12.1 Å². The van der Waals surface area contributed by atoms with Crippen LogP contribution in [0, 0.1) is 10.1 Å². The number of non-ortho nitro benzene ring substituents is 1. The number of hydrogen-bond donors (Lipinski definition) is 4. The lowest BCUT2D eigenvalue weighted by molar-refractivity contribution is -0.384. The number of nitrogens with two attached hydrogens (primary N) is 1. The van der Waals surface area contributed by atoms with Crippen molar-refractivity contribution < 1.29 is 10.0 Å². The van der Waals surface area contributed by atoms with Crippen molar-refractivity contribution in [2.45, 2.75) is 19.4 Å². The Hall–Kier alpha value is -1.86. The summed E-state index contributed by atoms with van der Waals surface area (Å²) in [5.74, 6) is 5.22. The van der Waals surface area contributed by atoms with E-state index in [-0.39, 0.29) is 5.69 Å². The molecule has 0 amide bonds. The van der Waals surface area contributed by atoms with Gasteiger partial charge >= 0.3 is 0 Å². The molecule has 0 radical (unpaired) electrons. The quantitative estimate of drug-likeness (QED) is 0.336. The first-order valence-corrected chi connectivity index (χ1v) is 5.24. The lowest BCUT2D eigenvalue weighted by Crippen LogP contribution is -2.18. The number of aliphatic hydroxyl groups excluding tert-OH is 1. The Bertz CT molecular complexity index is 397. The zero-order valence-electron chi connectivity index (χ0n) is 9.51. The van der Waals surface area contributed by atoms with Gasteiger partial charge in [0.1, 0.15) is 0 Å². The van der Waals surface area contributed by atoms with Crippen molar-refractivity contribution in [1.29, 1.82) is 0 Å². The Labute approximate surface area is 98.7 Å². The van der Waals surface area contributed by atoms with Crippen molar-refractivity contribution in [3.05, 3.63) is 28.3 Å². The van der Waals surface area contributed by atoms with Crippen LogP contribution >= 0.6 is 0 Å². The number of hydrogen-bond acceptors (Lipinski definition) is 6. The van der Waals surface area contributed by atoms with Crippen molar-refractivity contribution in [2.24, 2.45) is 5.84 Å². The van der Waals surface area contributed by atoms with Gasteiger partial charge < -0.3 is 15.8 Å². The standard InChI is InChI=1S/C10H16N4O3/c1-2-10(15)6-12-7-3-8(13-11)5-9(4-7)14(16)17/h3-5,10,12-13,15H,2,6,11H2,1H3. The van der Waals surface area contributed by atoms with E-state index in [1.54, 1.807) is 6.07 Å². The molecule has 94 valence electrons. The molecule has 1 unspecified atom stereocenters. The molecule has 0 aliphatic heterocycles. The summed E-state index contributed by atoms with van der Waals surface area (Å²) in [7, 11) is 0. The van der Waals surface area contributed by atoms with Gasteiger partial charge in [0.2, 0.25) is 0 Å². The zero-order chi connectivity index (χ0) is 12.8. The summed E-state index contributed by atoms with van der Waals surface area (Å²) in [5.41, 5.74) is 3.28. The molecule has 1 aromatic rings. The first kappa shape index (κ1) is 13.2. The van der Waals surface area contributed by atoms with E-state index in [0.29, 0.717) is 24.3 Å². The van der Waals surface area contributed by atoms with Gasteiger partial charge in [0, 0.05) is 24.4 Å². The molecule has 1 rings (SSSR count). The van der Waals surface area contributed by atoms with Crippen LogP contribution in [0.3, 0.4) is 0 Å². The summed E-state index contributed by atoms with van der Waals surface area (Å²) in [6.07, 6.45) is 0.132. The van der Waals surface area contributed by atoms with Crippen molar-refractivity contribution in [2.75, 3.05) is 17.3 Å². The lowest BCUT2D eigenvalue weighted by Gasteiger charge is -2.11. The first-order valence-electron chi connectivity index (χ1n) is 5.24. The fourth-order valence-corrected chi connectivity index (χ4v) is 1.28. The number of nitro groups is 1. The fourth-order valence-electron chi connectivity index (χ4n) is 1.28. The van der Waals surface area contributed by atoms with E-state index in [2.05, 4.69) is 10.7 Å². The molecule has 7 nitrogen and oxygen atoms in total. The number of nitrogens with one attached hydrogen (secondary N) is 2. The van der Waals surface area contributed by atoms with Gasteiger partial charge in [0.15, 0.2) is 0 Å². The van der Waals surface area contributed by atoms with Gasteiger partial charge in [-0.2, -0.15) is 0 Å². The second-order valence-electron chi connectivity index (χ2n) is 3.61. The number of benzene rings is 1. The number of hydrazine groups is 1. The Morgan fingerprint density at radius 1 is 1.47 bits per heavy atom. The summed E-state index contributed by atoms with van der Waals surface area (Å²) < 4.78 is 0. The van der Waals surface area contributed by atoms with Gasteiger partial charge in [-0.15, -0.1) is 0 Å². The van der Waals surface area contributed by atoms with E-state index in [9.17, 15) is 15.2 Å². The Morgan fingerprint density at radius 2 is 2.12 bits per heavy atom. The summed E-state index contributed by atoms with van der Waals surface area (Å²) in [5, 5.41) is 23.0. The molecule has 0 spiro atoms. The molecule has 1 atom stereocenters. The smallest absolute Gasteiger partial charge is 0.273 e. The highest BCUT2D eigenvalue weighted by atomic mass is 16.6. The largest absolute Gasteiger partial charge is 0.391 e. The van der Waals surface area contributed by atoms with E-state index in [0.717, 1.165) is 0 Å². The third-order valence-electron chi connectivity index (χ3n) is 2.31. The maximum absolute atomic E-state index is 10.7. The molecule has 0 bridgehead atoms.